The van der Waals surface area contributed by atoms with Crippen molar-refractivity contribution in [3.05, 3.63) is 35.9 Å². The number of nitrogen functional groups attached to an aromatic ring is 1. The number of hydrogen-bond acceptors (Lipinski definition) is 4. The number of nitrogens with two attached hydrogens (primary N) is 1. The van der Waals surface area contributed by atoms with Gasteiger partial charge in [-0.25, -0.2) is 4.98 Å². The molecule has 0 aliphatic carbocycles. The fourth-order valence-corrected chi connectivity index (χ4v) is 1.94. The van der Waals surface area contributed by atoms with E-state index in [0.717, 1.165) is 23.0 Å². The zero-order valence-electron chi connectivity index (χ0n) is 9.93. The van der Waals surface area contributed by atoms with E-state index in [1.165, 1.54) is 0 Å². The Morgan fingerprint density at radius 1 is 1.35 bits per heavy atom. The number of aromatic nitrogens is 1. The maximum atomic E-state index is 8.90. The number of anilines is 1. The van der Waals surface area contributed by atoms with E-state index in [-0.39, 0.29) is 6.61 Å². The van der Waals surface area contributed by atoms with Crippen molar-refractivity contribution < 1.29 is 5.11 Å². The molecule has 0 atom stereocenters. The van der Waals surface area contributed by atoms with Crippen LogP contribution in [0.5, 0.6) is 0 Å². The van der Waals surface area contributed by atoms with Gasteiger partial charge in [0.05, 0.1) is 12.1 Å². The monoisotopic (exact) mass is 231 g/mol. The van der Waals surface area contributed by atoms with Gasteiger partial charge >= 0.3 is 0 Å². The Labute approximate surface area is 101 Å². The van der Waals surface area contributed by atoms with Crippen LogP contribution in [0.15, 0.2) is 30.3 Å². The minimum absolute atomic E-state index is 0.162. The number of rotatable bonds is 4. The van der Waals surface area contributed by atoms with Gasteiger partial charge in [0.1, 0.15) is 5.82 Å². The molecule has 0 bridgehead atoms. The van der Waals surface area contributed by atoms with Crippen LogP contribution in [-0.4, -0.2) is 35.2 Å². The first-order valence-electron chi connectivity index (χ1n) is 5.64. The van der Waals surface area contributed by atoms with Crippen LogP contribution in [0, 0.1) is 0 Å². The lowest BCUT2D eigenvalue weighted by atomic mass is 10.1. The van der Waals surface area contributed by atoms with E-state index in [1.807, 2.05) is 37.4 Å². The minimum atomic E-state index is 0.162. The largest absolute Gasteiger partial charge is 0.395 e. The normalized spacial score (nSPS) is 11.2. The van der Waals surface area contributed by atoms with Gasteiger partial charge in [-0.15, -0.1) is 0 Å². The van der Waals surface area contributed by atoms with E-state index in [2.05, 4.69) is 9.88 Å². The molecule has 90 valence electrons. The molecule has 0 saturated heterocycles. The summed E-state index contributed by atoms with van der Waals surface area (Å²) in [6, 6.07) is 9.85. The van der Waals surface area contributed by atoms with Gasteiger partial charge in [-0.3, -0.25) is 4.90 Å². The summed E-state index contributed by atoms with van der Waals surface area (Å²) in [5.41, 5.74) is 7.85. The lowest BCUT2D eigenvalue weighted by Crippen LogP contribution is -2.21. The number of likely N-dealkylation sites (N-methyl/N-ethyl adjacent to an activating group) is 1. The van der Waals surface area contributed by atoms with Gasteiger partial charge in [0.2, 0.25) is 0 Å². The van der Waals surface area contributed by atoms with Gasteiger partial charge in [-0.2, -0.15) is 0 Å². The molecule has 0 amide bonds. The van der Waals surface area contributed by atoms with Gasteiger partial charge in [0, 0.05) is 18.5 Å². The maximum Gasteiger partial charge on any atom is 0.124 e. The summed E-state index contributed by atoms with van der Waals surface area (Å²) in [7, 11) is 1.97. The fraction of sp³-hybridized carbons (Fsp3) is 0.308. The van der Waals surface area contributed by atoms with Crippen LogP contribution >= 0.6 is 0 Å². The first kappa shape index (κ1) is 11.8. The standard InChI is InChI=1S/C13H17N3O/c1-16(6-7-17)9-10-8-13(14)15-12-5-3-2-4-11(10)12/h2-5,8,17H,6-7,9H2,1H3,(H2,14,15). The molecular formula is C13H17N3O. The molecule has 2 aromatic rings. The van der Waals surface area contributed by atoms with Crippen LogP contribution in [0.4, 0.5) is 5.82 Å². The van der Waals surface area contributed by atoms with Crippen molar-refractivity contribution in [3.63, 3.8) is 0 Å². The van der Waals surface area contributed by atoms with Crippen molar-refractivity contribution in [1.29, 1.82) is 0 Å². The molecule has 1 aromatic carbocycles. The molecule has 0 aliphatic rings. The molecular weight excluding hydrogens is 214 g/mol. The van der Waals surface area contributed by atoms with Crippen LogP contribution in [0.25, 0.3) is 10.9 Å². The Morgan fingerprint density at radius 3 is 2.88 bits per heavy atom. The highest BCUT2D eigenvalue weighted by Gasteiger charge is 2.06. The molecule has 0 fully saturated rings. The molecule has 2 rings (SSSR count). The molecule has 0 spiro atoms. The third-order valence-corrected chi connectivity index (χ3v) is 2.74. The Balaban J connectivity index is 2.38. The average molecular weight is 231 g/mol. The summed E-state index contributed by atoms with van der Waals surface area (Å²) in [6.45, 7) is 1.57. The predicted octanol–water partition coefficient (Wildman–Crippen LogP) is 1.24. The van der Waals surface area contributed by atoms with Crippen LogP contribution in [0.2, 0.25) is 0 Å². The molecule has 4 nitrogen and oxygen atoms in total. The number of para-hydroxylation sites is 1. The molecule has 0 radical (unpaired) electrons. The van der Waals surface area contributed by atoms with Gasteiger partial charge in [0.15, 0.2) is 0 Å². The van der Waals surface area contributed by atoms with Crippen LogP contribution in [-0.2, 0) is 6.54 Å². The molecule has 17 heavy (non-hydrogen) atoms. The highest BCUT2D eigenvalue weighted by molar-refractivity contribution is 5.83. The van der Waals surface area contributed by atoms with Crippen molar-refractivity contribution >= 4 is 16.7 Å². The Bertz CT molecular complexity index is 513. The summed E-state index contributed by atoms with van der Waals surface area (Å²) in [4.78, 5) is 6.36. The van der Waals surface area contributed by atoms with E-state index in [0.29, 0.717) is 12.4 Å². The summed E-state index contributed by atoms with van der Waals surface area (Å²) >= 11 is 0. The smallest absolute Gasteiger partial charge is 0.124 e. The van der Waals surface area contributed by atoms with Crippen molar-refractivity contribution in [2.24, 2.45) is 0 Å². The van der Waals surface area contributed by atoms with Crippen LogP contribution < -0.4 is 5.73 Å². The van der Waals surface area contributed by atoms with Crippen molar-refractivity contribution in [2.45, 2.75) is 6.54 Å². The lowest BCUT2D eigenvalue weighted by Gasteiger charge is -2.16. The molecule has 4 heteroatoms. The summed E-state index contributed by atoms with van der Waals surface area (Å²) < 4.78 is 0. The number of hydrogen-bond donors (Lipinski definition) is 2. The second-order valence-electron chi connectivity index (χ2n) is 4.18. The topological polar surface area (TPSA) is 62.4 Å². The Kier molecular flexibility index (Phi) is 3.56. The first-order chi connectivity index (χ1) is 8.20. The SMILES string of the molecule is CN(CCO)Cc1cc(N)nc2ccccc12. The predicted molar refractivity (Wildman–Crippen MR) is 69.6 cm³/mol. The number of benzene rings is 1. The Morgan fingerprint density at radius 2 is 2.12 bits per heavy atom. The summed E-state index contributed by atoms with van der Waals surface area (Å²) in [5, 5.41) is 10.0. The third-order valence-electron chi connectivity index (χ3n) is 2.74. The number of nitrogens with zero attached hydrogens (tertiary/aromatic N) is 2. The quantitative estimate of drug-likeness (QED) is 0.831. The van der Waals surface area contributed by atoms with Gasteiger partial charge < -0.3 is 10.8 Å². The van der Waals surface area contributed by atoms with Gasteiger partial charge in [-0.05, 0) is 24.7 Å². The fourth-order valence-electron chi connectivity index (χ4n) is 1.94. The second kappa shape index (κ2) is 5.12. The molecule has 1 aromatic heterocycles. The number of aliphatic hydroxyl groups excluding tert-OH is 1. The van der Waals surface area contributed by atoms with Crippen molar-refractivity contribution in [2.75, 3.05) is 25.9 Å². The molecule has 0 unspecified atom stereocenters. The maximum absolute atomic E-state index is 8.90. The zero-order valence-corrected chi connectivity index (χ0v) is 9.93. The number of aliphatic hydroxyl groups is 1. The summed E-state index contributed by atoms with van der Waals surface area (Å²) in [6.07, 6.45) is 0. The molecule has 0 saturated carbocycles. The van der Waals surface area contributed by atoms with Crippen LogP contribution in [0.1, 0.15) is 5.56 Å². The van der Waals surface area contributed by atoms with E-state index in [9.17, 15) is 0 Å². The minimum Gasteiger partial charge on any atom is -0.395 e. The van der Waals surface area contributed by atoms with Gasteiger partial charge in [-0.1, -0.05) is 18.2 Å². The zero-order chi connectivity index (χ0) is 12.3. The van der Waals surface area contributed by atoms with Crippen molar-refractivity contribution in [3.8, 4) is 0 Å². The number of pyridine rings is 1. The lowest BCUT2D eigenvalue weighted by molar-refractivity contribution is 0.217. The average Bonchev–Trinajstić information content (AvgIpc) is 2.29. The highest BCUT2D eigenvalue weighted by Crippen LogP contribution is 2.20. The molecule has 3 N–H and O–H groups in total. The first-order valence-corrected chi connectivity index (χ1v) is 5.64. The van der Waals surface area contributed by atoms with E-state index < -0.39 is 0 Å². The summed E-state index contributed by atoms with van der Waals surface area (Å²) in [5.74, 6) is 0.538. The number of fused-ring (bicyclic) bond motifs is 1. The van der Waals surface area contributed by atoms with Crippen molar-refractivity contribution in [1.82, 2.24) is 9.88 Å². The highest BCUT2D eigenvalue weighted by atomic mass is 16.3. The second-order valence-corrected chi connectivity index (χ2v) is 4.18. The molecule has 0 aliphatic heterocycles. The third kappa shape index (κ3) is 2.72. The van der Waals surface area contributed by atoms with Gasteiger partial charge in [0.25, 0.3) is 0 Å². The van der Waals surface area contributed by atoms with E-state index >= 15 is 0 Å². The van der Waals surface area contributed by atoms with E-state index in [4.69, 9.17) is 10.8 Å². The van der Waals surface area contributed by atoms with Crippen LogP contribution in [0.3, 0.4) is 0 Å². The van der Waals surface area contributed by atoms with E-state index in [1.54, 1.807) is 0 Å². The Hall–Kier alpha value is -1.65. The molecule has 1 heterocycles.